The number of benzene rings is 1. The van der Waals surface area contributed by atoms with Gasteiger partial charge in [-0.15, -0.1) is 0 Å². The van der Waals surface area contributed by atoms with Gasteiger partial charge in [0.25, 0.3) is 5.91 Å². The smallest absolute Gasteiger partial charge is 0.251 e. The Morgan fingerprint density at radius 3 is 2.31 bits per heavy atom. The number of nitrogens with zero attached hydrogens (tertiary/aromatic N) is 4. The Morgan fingerprint density at radius 1 is 0.828 bits per heavy atom. The average Bonchev–Trinajstić information content (AvgIpc) is 2.99. The maximum Gasteiger partial charge on any atom is 0.251 e. The molecule has 6 nitrogen and oxygen atoms in total. The van der Waals surface area contributed by atoms with Crippen molar-refractivity contribution < 1.29 is 4.79 Å². The van der Waals surface area contributed by atoms with E-state index in [0.29, 0.717) is 0 Å². The zero-order chi connectivity index (χ0) is 20.1. The van der Waals surface area contributed by atoms with Gasteiger partial charge in [-0.1, -0.05) is 12.8 Å². The highest BCUT2D eigenvalue weighted by atomic mass is 16.1. The van der Waals surface area contributed by atoms with E-state index in [0.717, 1.165) is 61.1 Å². The molecule has 29 heavy (non-hydrogen) atoms. The molecule has 2 aliphatic heterocycles. The van der Waals surface area contributed by atoms with Gasteiger partial charge in [-0.05, 0) is 76.5 Å². The maximum atomic E-state index is 12.6. The van der Waals surface area contributed by atoms with Crippen molar-refractivity contribution in [2.75, 3.05) is 45.8 Å². The summed E-state index contributed by atoms with van der Waals surface area (Å²) in [6.07, 6.45) is 9.41. The maximum absolute atomic E-state index is 12.6. The molecule has 3 heterocycles. The number of rotatable bonds is 0. The van der Waals surface area contributed by atoms with E-state index in [9.17, 15) is 4.79 Å². The van der Waals surface area contributed by atoms with Gasteiger partial charge in [0.15, 0.2) is 0 Å². The van der Waals surface area contributed by atoms with E-state index in [2.05, 4.69) is 32.9 Å². The molecule has 0 spiro atoms. The van der Waals surface area contributed by atoms with Crippen molar-refractivity contribution in [2.45, 2.75) is 52.0 Å². The molecule has 2 unspecified atom stereocenters. The first-order valence-corrected chi connectivity index (χ1v) is 11.4. The van der Waals surface area contributed by atoms with Crippen LogP contribution in [0.15, 0.2) is 18.3 Å². The quantitative estimate of drug-likeness (QED) is 0.742. The summed E-state index contributed by atoms with van der Waals surface area (Å²) in [5, 5.41) is 8.99. The predicted octanol–water partition coefficient (Wildman–Crippen LogP) is 3.05. The highest BCUT2D eigenvalue weighted by molar-refractivity contribution is 5.98. The van der Waals surface area contributed by atoms with E-state index in [-0.39, 0.29) is 5.91 Å². The fraction of sp³-hybridized carbons (Fsp3) is 0.652. The van der Waals surface area contributed by atoms with Gasteiger partial charge in [-0.25, -0.2) is 0 Å². The first-order valence-electron chi connectivity index (χ1n) is 11.4. The second kappa shape index (κ2) is 9.72. The van der Waals surface area contributed by atoms with Gasteiger partial charge in [0, 0.05) is 43.3 Å². The van der Waals surface area contributed by atoms with Crippen molar-refractivity contribution in [1.82, 2.24) is 24.9 Å². The Kier molecular flexibility index (Phi) is 6.82. The van der Waals surface area contributed by atoms with Crippen molar-refractivity contribution in [3.63, 3.8) is 0 Å². The third-order valence-corrected chi connectivity index (χ3v) is 6.37. The Balaban J connectivity index is 1.47. The fourth-order valence-electron chi connectivity index (χ4n) is 4.63. The van der Waals surface area contributed by atoms with Crippen LogP contribution in [-0.4, -0.2) is 71.3 Å². The molecule has 1 N–H and O–H groups in total. The topological polar surface area (TPSA) is 53.4 Å². The van der Waals surface area contributed by atoms with E-state index in [1.165, 1.54) is 51.9 Å². The van der Waals surface area contributed by atoms with Crippen molar-refractivity contribution in [1.29, 1.82) is 0 Å². The van der Waals surface area contributed by atoms with E-state index >= 15 is 0 Å². The molecule has 1 aromatic carbocycles. The Labute approximate surface area is 174 Å². The van der Waals surface area contributed by atoms with Gasteiger partial charge < -0.3 is 15.1 Å². The second-order valence-electron chi connectivity index (χ2n) is 8.68. The molecule has 1 saturated heterocycles. The number of fused-ring (bicyclic) bond motifs is 5. The number of hydrogen-bond acceptors (Lipinski definition) is 4. The van der Waals surface area contributed by atoms with Crippen molar-refractivity contribution in [2.24, 2.45) is 0 Å². The molecule has 0 radical (unpaired) electrons. The van der Waals surface area contributed by atoms with E-state index in [1.54, 1.807) is 0 Å². The summed E-state index contributed by atoms with van der Waals surface area (Å²) < 4.78 is 2.06. The minimum atomic E-state index is 0.0148. The highest BCUT2D eigenvalue weighted by Crippen LogP contribution is 2.20. The Bertz CT molecular complexity index is 830. The van der Waals surface area contributed by atoms with Crippen LogP contribution in [0.1, 0.15) is 54.4 Å². The molecule has 6 heteroatoms. The molecule has 4 rings (SSSR count). The summed E-state index contributed by atoms with van der Waals surface area (Å²) in [7, 11) is 0. The van der Waals surface area contributed by atoms with Crippen LogP contribution in [0, 0.1) is 6.92 Å². The highest BCUT2D eigenvalue weighted by Gasteiger charge is 2.15. The van der Waals surface area contributed by atoms with Crippen LogP contribution in [0.3, 0.4) is 0 Å². The van der Waals surface area contributed by atoms with Gasteiger partial charge in [-0.3, -0.25) is 9.48 Å². The summed E-state index contributed by atoms with van der Waals surface area (Å²) in [6.45, 7) is 10.8. The largest absolute Gasteiger partial charge is 0.352 e. The van der Waals surface area contributed by atoms with Crippen molar-refractivity contribution in [3.8, 4) is 0 Å². The molecule has 1 aromatic heterocycles. The average molecular weight is 398 g/mol. The van der Waals surface area contributed by atoms with Gasteiger partial charge >= 0.3 is 0 Å². The summed E-state index contributed by atoms with van der Waals surface area (Å²) >= 11 is 0. The van der Waals surface area contributed by atoms with Crippen LogP contribution in [0.4, 0.5) is 0 Å². The zero-order valence-electron chi connectivity index (χ0n) is 17.8. The molecule has 5 bridgehead atoms. The number of carbonyl (C=O) groups excluding carboxylic acids is 1. The Morgan fingerprint density at radius 2 is 1.52 bits per heavy atom. The molecule has 0 aliphatic carbocycles. The number of nitrogens with one attached hydrogen (secondary N) is 1. The molecule has 2 atom stereocenters. The van der Waals surface area contributed by atoms with Gasteiger partial charge in [0.05, 0.1) is 5.52 Å². The molecule has 2 aromatic rings. The third kappa shape index (κ3) is 5.37. The Hall–Kier alpha value is -1.92. The van der Waals surface area contributed by atoms with E-state index in [4.69, 9.17) is 5.10 Å². The minimum absolute atomic E-state index is 0.0148. The number of aromatic nitrogens is 2. The van der Waals surface area contributed by atoms with Crippen LogP contribution in [0.25, 0.3) is 10.9 Å². The number of aryl methyl sites for hydroxylation is 2. The molecule has 2 aliphatic rings. The van der Waals surface area contributed by atoms with Crippen LogP contribution in [-0.2, 0) is 6.54 Å². The van der Waals surface area contributed by atoms with Gasteiger partial charge in [0.1, 0.15) is 0 Å². The minimum Gasteiger partial charge on any atom is -0.352 e. The molecule has 1 amide bonds. The third-order valence-electron chi connectivity index (χ3n) is 6.37. The number of hydrogen-bond donors (Lipinski definition) is 1. The van der Waals surface area contributed by atoms with Gasteiger partial charge in [-0.2, -0.15) is 5.10 Å². The van der Waals surface area contributed by atoms with Crippen LogP contribution in [0.2, 0.25) is 0 Å². The number of carbonyl (C=O) groups is 1. The molecule has 0 saturated carbocycles. The lowest BCUT2D eigenvalue weighted by Crippen LogP contribution is -2.33. The van der Waals surface area contributed by atoms with Crippen LogP contribution < -0.4 is 5.32 Å². The van der Waals surface area contributed by atoms with Crippen molar-refractivity contribution in [3.05, 3.63) is 29.5 Å². The first kappa shape index (κ1) is 20.4. The SMILES string of the molecule is Cc1cc2cc3nn(cc13)CCCCCCN1CCCN(CCCNC2=O)CC1. The molecule has 1 fully saturated rings. The zero-order valence-corrected chi connectivity index (χ0v) is 17.8. The van der Waals surface area contributed by atoms with E-state index < -0.39 is 0 Å². The lowest BCUT2D eigenvalue weighted by atomic mass is 10.1. The summed E-state index contributed by atoms with van der Waals surface area (Å²) in [6, 6.07) is 3.94. The summed E-state index contributed by atoms with van der Waals surface area (Å²) in [5.41, 5.74) is 2.77. The number of amides is 1. The lowest BCUT2D eigenvalue weighted by molar-refractivity contribution is 0.0951. The monoisotopic (exact) mass is 397 g/mol. The fourth-order valence-corrected chi connectivity index (χ4v) is 4.63. The van der Waals surface area contributed by atoms with Crippen LogP contribution >= 0.6 is 0 Å². The summed E-state index contributed by atoms with van der Waals surface area (Å²) in [5.74, 6) is 0.0148. The normalized spacial score (nSPS) is 25.2. The van der Waals surface area contributed by atoms with Crippen LogP contribution in [0.5, 0.6) is 0 Å². The molecular weight excluding hydrogens is 362 g/mol. The standard InChI is InChI=1S/C23H35N5O/c1-19-16-20-17-22-21(19)18-28(25-22)13-5-3-2-4-9-26-11-7-12-27(15-14-26)10-6-8-24-23(20)29/h16-18H,2-15H2,1H3,(H,24,29). The predicted molar refractivity (Wildman–Crippen MR) is 117 cm³/mol. The first-order chi connectivity index (χ1) is 14.2. The molecule has 158 valence electrons. The second-order valence-corrected chi connectivity index (χ2v) is 8.68. The molecular formula is C23H35N5O. The van der Waals surface area contributed by atoms with Gasteiger partial charge in [0.2, 0.25) is 0 Å². The lowest BCUT2D eigenvalue weighted by Gasteiger charge is -2.21. The summed E-state index contributed by atoms with van der Waals surface area (Å²) in [4.78, 5) is 17.9. The van der Waals surface area contributed by atoms with E-state index in [1.807, 2.05) is 12.1 Å². The van der Waals surface area contributed by atoms with Crippen molar-refractivity contribution >= 4 is 16.8 Å².